The van der Waals surface area contributed by atoms with Crippen LogP contribution >= 0.6 is 0 Å². The number of hydrogen-bond donors (Lipinski definition) is 2. The summed E-state index contributed by atoms with van der Waals surface area (Å²) < 4.78 is 0. The lowest BCUT2D eigenvalue weighted by Gasteiger charge is -2.10. The molecule has 0 aromatic carbocycles. The van der Waals surface area contributed by atoms with Gasteiger partial charge < -0.3 is 10.4 Å². The van der Waals surface area contributed by atoms with E-state index in [0.29, 0.717) is 0 Å². The van der Waals surface area contributed by atoms with Crippen molar-refractivity contribution in [2.24, 2.45) is 5.92 Å². The van der Waals surface area contributed by atoms with Crippen LogP contribution in [0.15, 0.2) is 0 Å². The summed E-state index contributed by atoms with van der Waals surface area (Å²) in [6.45, 7) is 6.59. The highest BCUT2D eigenvalue weighted by Crippen LogP contribution is 2.05. The minimum absolute atomic E-state index is 0.0654. The third kappa shape index (κ3) is 8.43. The van der Waals surface area contributed by atoms with Crippen molar-refractivity contribution in [2.45, 2.75) is 59.0 Å². The molecule has 2 N–H and O–H groups in total. The Morgan fingerprint density at radius 3 is 2.47 bits per heavy atom. The van der Waals surface area contributed by atoms with Crippen molar-refractivity contribution in [3.63, 3.8) is 0 Å². The van der Waals surface area contributed by atoms with Gasteiger partial charge in [-0.3, -0.25) is 4.79 Å². The molecule has 15 heavy (non-hydrogen) atoms. The van der Waals surface area contributed by atoms with Crippen LogP contribution in [0.4, 0.5) is 0 Å². The van der Waals surface area contributed by atoms with Gasteiger partial charge in [0.2, 0.25) is 5.91 Å². The fourth-order valence-electron chi connectivity index (χ4n) is 1.40. The lowest BCUT2D eigenvalue weighted by molar-refractivity contribution is -0.123. The quantitative estimate of drug-likeness (QED) is 0.609. The minimum Gasteiger partial charge on any atom is -0.393 e. The second-order valence-corrected chi connectivity index (χ2v) is 4.38. The molecule has 1 atom stereocenters. The molecule has 1 amide bonds. The number of nitrogens with one attached hydrogen (secondary N) is 1. The van der Waals surface area contributed by atoms with E-state index in [2.05, 4.69) is 12.2 Å². The number of aliphatic hydroxyl groups excluding tert-OH is 1. The molecular formula is C12H25NO2. The van der Waals surface area contributed by atoms with E-state index in [-0.39, 0.29) is 17.9 Å². The topological polar surface area (TPSA) is 49.3 Å². The van der Waals surface area contributed by atoms with E-state index in [1.54, 1.807) is 0 Å². The predicted molar refractivity (Wildman–Crippen MR) is 62.6 cm³/mol. The molecule has 1 unspecified atom stereocenters. The van der Waals surface area contributed by atoms with Gasteiger partial charge in [-0.05, 0) is 25.7 Å². The van der Waals surface area contributed by atoms with E-state index in [4.69, 9.17) is 0 Å². The Labute approximate surface area is 93.3 Å². The van der Waals surface area contributed by atoms with Gasteiger partial charge in [-0.15, -0.1) is 0 Å². The molecule has 0 heterocycles. The smallest absolute Gasteiger partial charge is 0.222 e. The van der Waals surface area contributed by atoms with E-state index in [0.717, 1.165) is 38.6 Å². The zero-order chi connectivity index (χ0) is 11.7. The van der Waals surface area contributed by atoms with Gasteiger partial charge >= 0.3 is 0 Å². The number of unbranched alkanes of at least 4 members (excludes halogenated alkanes) is 1. The van der Waals surface area contributed by atoms with Gasteiger partial charge in [-0.25, -0.2) is 0 Å². The molecule has 3 nitrogen and oxygen atoms in total. The molecule has 0 rings (SSSR count). The normalized spacial score (nSPS) is 12.9. The largest absolute Gasteiger partial charge is 0.393 e. The van der Waals surface area contributed by atoms with Crippen molar-refractivity contribution in [2.75, 3.05) is 6.54 Å². The van der Waals surface area contributed by atoms with Gasteiger partial charge in [0.15, 0.2) is 0 Å². The van der Waals surface area contributed by atoms with Crippen LogP contribution in [0, 0.1) is 5.92 Å². The first-order chi connectivity index (χ1) is 7.07. The number of rotatable bonds is 8. The van der Waals surface area contributed by atoms with Crippen LogP contribution in [0.3, 0.4) is 0 Å². The van der Waals surface area contributed by atoms with Crippen molar-refractivity contribution >= 4 is 5.91 Å². The van der Waals surface area contributed by atoms with Crippen LogP contribution in [0.2, 0.25) is 0 Å². The molecule has 0 aliphatic carbocycles. The Hall–Kier alpha value is -0.570. The first kappa shape index (κ1) is 14.4. The Morgan fingerprint density at radius 2 is 1.93 bits per heavy atom. The summed E-state index contributed by atoms with van der Waals surface area (Å²) in [5, 5.41) is 12.3. The maximum Gasteiger partial charge on any atom is 0.222 e. The van der Waals surface area contributed by atoms with Crippen molar-refractivity contribution < 1.29 is 9.90 Å². The number of carbonyl (C=O) groups excluding carboxylic acids is 1. The first-order valence-electron chi connectivity index (χ1n) is 6.03. The molecule has 0 aliphatic heterocycles. The highest BCUT2D eigenvalue weighted by atomic mass is 16.3. The summed E-state index contributed by atoms with van der Waals surface area (Å²) in [6, 6.07) is 0. The van der Waals surface area contributed by atoms with E-state index in [9.17, 15) is 9.90 Å². The molecule has 0 spiro atoms. The predicted octanol–water partition coefficient (Wildman–Crippen LogP) is 2.09. The fraction of sp³-hybridized carbons (Fsp3) is 0.917. The van der Waals surface area contributed by atoms with E-state index < -0.39 is 0 Å². The lowest BCUT2D eigenvalue weighted by atomic mass is 10.1. The Kier molecular flexibility index (Phi) is 8.38. The summed E-state index contributed by atoms with van der Waals surface area (Å²) in [5.41, 5.74) is 0. The van der Waals surface area contributed by atoms with E-state index in [1.165, 1.54) is 0 Å². The molecule has 3 heteroatoms. The minimum atomic E-state index is -0.157. The fourth-order valence-corrected chi connectivity index (χ4v) is 1.40. The van der Waals surface area contributed by atoms with Crippen LogP contribution in [-0.4, -0.2) is 23.7 Å². The van der Waals surface area contributed by atoms with Gasteiger partial charge in [0.1, 0.15) is 0 Å². The first-order valence-corrected chi connectivity index (χ1v) is 6.03. The molecule has 0 saturated carbocycles. The molecule has 0 radical (unpaired) electrons. The number of carbonyl (C=O) groups is 1. The van der Waals surface area contributed by atoms with Gasteiger partial charge in [0.25, 0.3) is 0 Å². The van der Waals surface area contributed by atoms with Crippen molar-refractivity contribution in [1.29, 1.82) is 0 Å². The summed E-state index contributed by atoms with van der Waals surface area (Å²) >= 11 is 0. The Bertz CT molecular complexity index is 169. The molecule has 0 aliphatic rings. The average Bonchev–Trinajstić information content (AvgIpc) is 2.17. The number of aliphatic hydroxyl groups is 1. The molecule has 0 bridgehead atoms. The highest BCUT2D eigenvalue weighted by Gasteiger charge is 2.05. The van der Waals surface area contributed by atoms with Crippen molar-refractivity contribution in [3.05, 3.63) is 0 Å². The van der Waals surface area contributed by atoms with Crippen LogP contribution in [0.5, 0.6) is 0 Å². The Balaban J connectivity index is 3.28. The Morgan fingerprint density at radius 1 is 1.27 bits per heavy atom. The van der Waals surface area contributed by atoms with Crippen molar-refractivity contribution in [1.82, 2.24) is 5.32 Å². The molecular weight excluding hydrogens is 190 g/mol. The molecule has 90 valence electrons. The summed E-state index contributed by atoms with van der Waals surface area (Å²) in [7, 11) is 0. The summed E-state index contributed by atoms with van der Waals surface area (Å²) in [6.07, 6.45) is 4.56. The third-order valence-corrected chi connectivity index (χ3v) is 2.41. The van der Waals surface area contributed by atoms with Gasteiger partial charge in [0.05, 0.1) is 6.10 Å². The SMILES string of the molecule is CCCC(O)CCCCNC(=O)C(C)C. The van der Waals surface area contributed by atoms with Gasteiger partial charge in [-0.2, -0.15) is 0 Å². The molecule has 0 aromatic heterocycles. The maximum atomic E-state index is 11.2. The monoisotopic (exact) mass is 215 g/mol. The maximum absolute atomic E-state index is 11.2. The van der Waals surface area contributed by atoms with E-state index in [1.807, 2.05) is 13.8 Å². The van der Waals surface area contributed by atoms with Crippen LogP contribution in [-0.2, 0) is 4.79 Å². The third-order valence-electron chi connectivity index (χ3n) is 2.41. The van der Waals surface area contributed by atoms with Gasteiger partial charge in [0, 0.05) is 12.5 Å². The van der Waals surface area contributed by atoms with Crippen LogP contribution in [0.25, 0.3) is 0 Å². The molecule has 0 saturated heterocycles. The van der Waals surface area contributed by atoms with Crippen LogP contribution in [0.1, 0.15) is 52.9 Å². The highest BCUT2D eigenvalue weighted by molar-refractivity contribution is 5.77. The average molecular weight is 215 g/mol. The van der Waals surface area contributed by atoms with Crippen molar-refractivity contribution in [3.8, 4) is 0 Å². The second-order valence-electron chi connectivity index (χ2n) is 4.38. The number of hydrogen-bond acceptors (Lipinski definition) is 2. The van der Waals surface area contributed by atoms with E-state index >= 15 is 0 Å². The van der Waals surface area contributed by atoms with Gasteiger partial charge in [-0.1, -0.05) is 27.2 Å². The van der Waals surface area contributed by atoms with Crippen LogP contribution < -0.4 is 5.32 Å². The number of amides is 1. The second kappa shape index (κ2) is 8.72. The zero-order valence-electron chi connectivity index (χ0n) is 10.3. The lowest BCUT2D eigenvalue weighted by Crippen LogP contribution is -2.28. The summed E-state index contributed by atoms with van der Waals surface area (Å²) in [5.74, 6) is 0.180. The molecule has 0 aromatic rings. The molecule has 0 fully saturated rings. The zero-order valence-corrected chi connectivity index (χ0v) is 10.3. The summed E-state index contributed by atoms with van der Waals surface area (Å²) in [4.78, 5) is 11.2. The standard InChI is InChI=1S/C12H25NO2/c1-4-7-11(14)8-5-6-9-13-12(15)10(2)3/h10-11,14H,4-9H2,1-3H3,(H,13,15).